The molecule has 6 nitrogen and oxygen atoms in total. The van der Waals surface area contributed by atoms with E-state index in [-0.39, 0.29) is 6.61 Å². The molecule has 0 heterocycles. The largest absolute Gasteiger partial charge is 0.497 e. The maximum atomic E-state index is 13.9. The molecule has 0 bridgehead atoms. The van der Waals surface area contributed by atoms with Gasteiger partial charge in [0.25, 0.3) is 5.91 Å². The predicted octanol–water partition coefficient (Wildman–Crippen LogP) is 2.83. The molecule has 0 fully saturated rings. The molecule has 0 radical (unpaired) electrons. The van der Waals surface area contributed by atoms with Crippen LogP contribution >= 0.6 is 0 Å². The van der Waals surface area contributed by atoms with Gasteiger partial charge in [-0.2, -0.15) is 0 Å². The molecule has 2 aromatic rings. The number of anilines is 2. The number of methoxy groups -OCH3 is 2. The van der Waals surface area contributed by atoms with Gasteiger partial charge in [-0.25, -0.2) is 4.39 Å². The number of amides is 1. The summed E-state index contributed by atoms with van der Waals surface area (Å²) in [7, 11) is 3.08. The monoisotopic (exact) mass is 348 g/mol. The van der Waals surface area contributed by atoms with Gasteiger partial charge in [0.1, 0.15) is 11.6 Å². The lowest BCUT2D eigenvalue weighted by atomic mass is 10.1. The van der Waals surface area contributed by atoms with E-state index in [1.54, 1.807) is 25.3 Å². The third-order valence-corrected chi connectivity index (χ3v) is 3.51. The smallest absolute Gasteiger partial charge is 0.255 e. The molecule has 2 rings (SSSR count). The summed E-state index contributed by atoms with van der Waals surface area (Å²) in [5, 5.41) is 2.70. The van der Waals surface area contributed by atoms with Crippen molar-refractivity contribution in [3.05, 3.63) is 53.3 Å². The Bertz CT molecular complexity index is 737. The van der Waals surface area contributed by atoms with Crippen LogP contribution in [0.5, 0.6) is 5.75 Å². The molecule has 0 atom stereocenters. The summed E-state index contributed by atoms with van der Waals surface area (Å²) < 4.78 is 29.1. The van der Waals surface area contributed by atoms with Gasteiger partial charge >= 0.3 is 0 Å². The molecule has 1 amide bonds. The van der Waals surface area contributed by atoms with E-state index in [4.69, 9.17) is 19.9 Å². The van der Waals surface area contributed by atoms with Gasteiger partial charge in [0, 0.05) is 24.3 Å². The number of ether oxygens (including phenoxy) is 3. The molecule has 0 saturated heterocycles. The average Bonchev–Trinajstić information content (AvgIpc) is 2.62. The molecule has 0 spiro atoms. The Hall–Kier alpha value is -2.64. The summed E-state index contributed by atoms with van der Waals surface area (Å²) in [5.41, 5.74) is 7.28. The van der Waals surface area contributed by atoms with Crippen molar-refractivity contribution in [1.29, 1.82) is 0 Å². The fourth-order valence-electron chi connectivity index (χ4n) is 2.12. The Labute approximate surface area is 145 Å². The summed E-state index contributed by atoms with van der Waals surface area (Å²) in [6, 6.07) is 9.03. The van der Waals surface area contributed by atoms with Crippen molar-refractivity contribution in [2.75, 3.05) is 38.5 Å². The minimum Gasteiger partial charge on any atom is -0.497 e. The van der Waals surface area contributed by atoms with Gasteiger partial charge < -0.3 is 25.3 Å². The molecule has 0 aliphatic heterocycles. The molecule has 25 heavy (non-hydrogen) atoms. The minimum absolute atomic E-state index is 0.0532. The summed E-state index contributed by atoms with van der Waals surface area (Å²) >= 11 is 0. The number of hydrogen-bond donors (Lipinski definition) is 2. The van der Waals surface area contributed by atoms with Crippen LogP contribution < -0.4 is 15.8 Å². The summed E-state index contributed by atoms with van der Waals surface area (Å²) in [6.07, 6.45) is 0. The maximum absolute atomic E-state index is 13.9. The summed E-state index contributed by atoms with van der Waals surface area (Å²) in [4.78, 5) is 12.4. The topological polar surface area (TPSA) is 82.8 Å². The fraction of sp³-hybridized carbons (Fsp3) is 0.278. The highest BCUT2D eigenvalue weighted by Gasteiger charge is 2.12. The fourth-order valence-corrected chi connectivity index (χ4v) is 2.12. The van der Waals surface area contributed by atoms with Crippen LogP contribution in [0.25, 0.3) is 0 Å². The number of rotatable bonds is 8. The second-order valence-electron chi connectivity index (χ2n) is 5.26. The lowest BCUT2D eigenvalue weighted by Crippen LogP contribution is -2.14. The zero-order chi connectivity index (χ0) is 18.2. The van der Waals surface area contributed by atoms with Crippen molar-refractivity contribution in [2.24, 2.45) is 0 Å². The lowest BCUT2D eigenvalue weighted by Gasteiger charge is -2.11. The molecule has 0 saturated carbocycles. The van der Waals surface area contributed by atoms with E-state index < -0.39 is 11.7 Å². The Morgan fingerprint density at radius 3 is 2.68 bits per heavy atom. The van der Waals surface area contributed by atoms with E-state index in [1.807, 2.05) is 0 Å². The van der Waals surface area contributed by atoms with Crippen molar-refractivity contribution in [3.63, 3.8) is 0 Å². The highest BCUT2D eigenvalue weighted by molar-refractivity contribution is 6.06. The number of carbonyl (C=O) groups is 1. The number of hydrogen-bond acceptors (Lipinski definition) is 5. The number of halogens is 1. The number of nitrogen functional groups attached to an aromatic ring is 1. The van der Waals surface area contributed by atoms with Gasteiger partial charge in [-0.3, -0.25) is 4.79 Å². The molecule has 0 aliphatic carbocycles. The van der Waals surface area contributed by atoms with E-state index in [0.29, 0.717) is 41.5 Å². The second kappa shape index (κ2) is 9.00. The number of benzene rings is 2. The molecule has 134 valence electrons. The first-order valence-electron chi connectivity index (χ1n) is 7.65. The molecular weight excluding hydrogens is 327 g/mol. The van der Waals surface area contributed by atoms with Crippen molar-refractivity contribution in [3.8, 4) is 5.75 Å². The van der Waals surface area contributed by atoms with E-state index in [2.05, 4.69) is 5.32 Å². The number of nitrogens with one attached hydrogen (secondary N) is 1. The SMILES string of the molecule is COCCOCc1cc(C(=O)Nc2cc(OC)ccc2N)ccc1F. The van der Waals surface area contributed by atoms with Crippen LogP contribution in [0.1, 0.15) is 15.9 Å². The molecule has 0 aromatic heterocycles. The van der Waals surface area contributed by atoms with E-state index in [0.717, 1.165) is 0 Å². The predicted molar refractivity (Wildman–Crippen MR) is 93.3 cm³/mol. The van der Waals surface area contributed by atoms with Crippen LogP contribution in [0.4, 0.5) is 15.8 Å². The number of carbonyl (C=O) groups excluding carboxylic acids is 1. The van der Waals surface area contributed by atoms with Crippen molar-refractivity contribution in [1.82, 2.24) is 0 Å². The molecule has 3 N–H and O–H groups in total. The van der Waals surface area contributed by atoms with Gasteiger partial charge in [0.05, 0.1) is 38.3 Å². The van der Waals surface area contributed by atoms with Crippen molar-refractivity contribution in [2.45, 2.75) is 6.61 Å². The van der Waals surface area contributed by atoms with E-state index >= 15 is 0 Å². The Balaban J connectivity index is 2.11. The molecule has 0 unspecified atom stereocenters. The van der Waals surface area contributed by atoms with Crippen LogP contribution in [0, 0.1) is 5.82 Å². The quantitative estimate of drug-likeness (QED) is 0.566. The Morgan fingerprint density at radius 1 is 1.16 bits per heavy atom. The first-order valence-corrected chi connectivity index (χ1v) is 7.65. The first kappa shape index (κ1) is 18.7. The third kappa shape index (κ3) is 5.17. The lowest BCUT2D eigenvalue weighted by molar-refractivity contribution is 0.0604. The summed E-state index contributed by atoms with van der Waals surface area (Å²) in [5.74, 6) is -0.274. The standard InChI is InChI=1S/C18H21FN2O4/c1-23-7-8-25-11-13-9-12(3-5-15(13)19)18(22)21-17-10-14(24-2)4-6-16(17)20/h3-6,9-10H,7-8,11,20H2,1-2H3,(H,21,22). The van der Waals surface area contributed by atoms with Crippen LogP contribution in [0.2, 0.25) is 0 Å². The maximum Gasteiger partial charge on any atom is 0.255 e. The highest BCUT2D eigenvalue weighted by Crippen LogP contribution is 2.25. The Kier molecular flexibility index (Phi) is 6.73. The second-order valence-corrected chi connectivity index (χ2v) is 5.26. The highest BCUT2D eigenvalue weighted by atomic mass is 19.1. The van der Waals surface area contributed by atoms with Crippen LogP contribution in [0.15, 0.2) is 36.4 Å². The van der Waals surface area contributed by atoms with Gasteiger partial charge in [0.15, 0.2) is 0 Å². The van der Waals surface area contributed by atoms with Gasteiger partial charge in [-0.1, -0.05) is 0 Å². The molecule has 7 heteroatoms. The van der Waals surface area contributed by atoms with Crippen molar-refractivity contribution >= 4 is 17.3 Å². The average molecular weight is 348 g/mol. The van der Waals surface area contributed by atoms with Gasteiger partial charge in [0.2, 0.25) is 0 Å². The van der Waals surface area contributed by atoms with Crippen LogP contribution in [-0.4, -0.2) is 33.3 Å². The Morgan fingerprint density at radius 2 is 1.96 bits per heavy atom. The third-order valence-electron chi connectivity index (χ3n) is 3.51. The first-order chi connectivity index (χ1) is 12.0. The zero-order valence-corrected chi connectivity index (χ0v) is 14.2. The molecule has 0 aliphatic rings. The van der Waals surface area contributed by atoms with Crippen LogP contribution in [0.3, 0.4) is 0 Å². The van der Waals surface area contributed by atoms with Gasteiger partial charge in [-0.15, -0.1) is 0 Å². The van der Waals surface area contributed by atoms with Crippen molar-refractivity contribution < 1.29 is 23.4 Å². The van der Waals surface area contributed by atoms with Gasteiger partial charge in [-0.05, 0) is 30.3 Å². The summed E-state index contributed by atoms with van der Waals surface area (Å²) in [6.45, 7) is 0.807. The minimum atomic E-state index is -0.435. The zero-order valence-electron chi connectivity index (χ0n) is 14.2. The van der Waals surface area contributed by atoms with E-state index in [9.17, 15) is 9.18 Å². The molecular formula is C18H21FN2O4. The number of nitrogens with two attached hydrogens (primary N) is 1. The van der Waals surface area contributed by atoms with E-state index in [1.165, 1.54) is 25.3 Å². The normalized spacial score (nSPS) is 10.5. The molecule has 2 aromatic carbocycles. The van der Waals surface area contributed by atoms with Crippen LogP contribution in [-0.2, 0) is 16.1 Å².